The number of aryl methyl sites for hydroxylation is 1. The third-order valence-electron chi connectivity index (χ3n) is 3.45. The van der Waals surface area contributed by atoms with E-state index in [2.05, 4.69) is 19.2 Å². The van der Waals surface area contributed by atoms with E-state index < -0.39 is 0 Å². The van der Waals surface area contributed by atoms with Gasteiger partial charge >= 0.3 is 0 Å². The highest BCUT2D eigenvalue weighted by Gasteiger charge is 2.30. The Bertz CT molecular complexity index is 384. The van der Waals surface area contributed by atoms with Gasteiger partial charge in [0.1, 0.15) is 5.82 Å². The second-order valence-electron chi connectivity index (χ2n) is 5.73. The van der Waals surface area contributed by atoms with Crippen LogP contribution in [0.15, 0.2) is 18.2 Å². The van der Waals surface area contributed by atoms with Gasteiger partial charge in [0.25, 0.3) is 0 Å². The minimum absolute atomic E-state index is 0.135. The normalized spacial score (nSPS) is 23.4. The van der Waals surface area contributed by atoms with E-state index >= 15 is 0 Å². The third kappa shape index (κ3) is 2.55. The van der Waals surface area contributed by atoms with Gasteiger partial charge in [-0.2, -0.15) is 0 Å². The molecule has 0 radical (unpaired) electrons. The van der Waals surface area contributed by atoms with Crippen molar-refractivity contribution in [3.63, 3.8) is 0 Å². The Balaban J connectivity index is 2.05. The maximum atomic E-state index is 13.6. The van der Waals surface area contributed by atoms with E-state index in [1.807, 2.05) is 19.1 Å². The highest BCUT2D eigenvalue weighted by Crippen LogP contribution is 2.38. The maximum absolute atomic E-state index is 13.6. The molecule has 0 aliphatic heterocycles. The molecule has 2 rings (SSSR count). The van der Waals surface area contributed by atoms with Crippen molar-refractivity contribution < 1.29 is 4.39 Å². The maximum Gasteiger partial charge on any atom is 0.146 e. The molecule has 1 N–H and O–H groups in total. The van der Waals surface area contributed by atoms with Crippen LogP contribution in [0.4, 0.5) is 10.1 Å². The predicted molar refractivity (Wildman–Crippen MR) is 66.2 cm³/mol. The van der Waals surface area contributed by atoms with Crippen molar-refractivity contribution >= 4 is 5.69 Å². The van der Waals surface area contributed by atoms with Crippen LogP contribution < -0.4 is 5.32 Å². The summed E-state index contributed by atoms with van der Waals surface area (Å²) in [4.78, 5) is 0. The Morgan fingerprint density at radius 1 is 1.38 bits per heavy atom. The number of anilines is 1. The third-order valence-corrected chi connectivity index (χ3v) is 3.45. The number of rotatable bonds is 2. The van der Waals surface area contributed by atoms with Gasteiger partial charge in [0, 0.05) is 6.04 Å². The fourth-order valence-corrected chi connectivity index (χ4v) is 2.52. The summed E-state index contributed by atoms with van der Waals surface area (Å²) in [6, 6.07) is 5.80. The molecule has 1 fully saturated rings. The first-order valence-corrected chi connectivity index (χ1v) is 5.99. The lowest BCUT2D eigenvalue weighted by Crippen LogP contribution is -2.18. The average molecular weight is 221 g/mol. The Kier molecular flexibility index (Phi) is 2.92. The highest BCUT2D eigenvalue weighted by atomic mass is 19.1. The largest absolute Gasteiger partial charge is 0.380 e. The van der Waals surface area contributed by atoms with Gasteiger partial charge in [0.05, 0.1) is 5.69 Å². The average Bonchev–Trinajstić information content (AvgIpc) is 2.51. The topological polar surface area (TPSA) is 12.0 Å². The molecular formula is C14H20FN. The molecule has 0 amide bonds. The lowest BCUT2D eigenvalue weighted by molar-refractivity contribution is 0.378. The molecule has 1 unspecified atom stereocenters. The summed E-state index contributed by atoms with van der Waals surface area (Å²) >= 11 is 0. The molecule has 0 aromatic heterocycles. The first-order chi connectivity index (χ1) is 7.46. The Labute approximate surface area is 97.1 Å². The van der Waals surface area contributed by atoms with Crippen molar-refractivity contribution in [2.45, 2.75) is 46.1 Å². The fourth-order valence-electron chi connectivity index (χ4n) is 2.52. The molecule has 1 aromatic carbocycles. The van der Waals surface area contributed by atoms with E-state index in [4.69, 9.17) is 0 Å². The minimum atomic E-state index is -0.135. The lowest BCUT2D eigenvalue weighted by atomic mass is 9.92. The summed E-state index contributed by atoms with van der Waals surface area (Å²) in [5.41, 5.74) is 2.02. The molecule has 88 valence electrons. The summed E-state index contributed by atoms with van der Waals surface area (Å²) in [7, 11) is 0. The van der Waals surface area contributed by atoms with Crippen LogP contribution in [-0.2, 0) is 0 Å². The Morgan fingerprint density at radius 2 is 2.12 bits per heavy atom. The molecule has 1 saturated carbocycles. The second-order valence-corrected chi connectivity index (χ2v) is 5.73. The quantitative estimate of drug-likeness (QED) is 0.792. The van der Waals surface area contributed by atoms with Gasteiger partial charge in [0.2, 0.25) is 0 Å². The number of nitrogens with one attached hydrogen (secondary N) is 1. The van der Waals surface area contributed by atoms with Crippen LogP contribution in [0.3, 0.4) is 0 Å². The predicted octanol–water partition coefficient (Wildman–Crippen LogP) is 4.12. The standard InChI is InChI=1S/C14H20FN/c1-10-4-5-13(12(15)8-10)16-11-6-7-14(2,3)9-11/h4-5,8,11,16H,6-7,9H2,1-3H3. The number of halogens is 1. The van der Waals surface area contributed by atoms with Crippen LogP contribution in [0.5, 0.6) is 0 Å². The van der Waals surface area contributed by atoms with Crippen molar-refractivity contribution in [2.24, 2.45) is 5.41 Å². The molecule has 0 bridgehead atoms. The van der Waals surface area contributed by atoms with Crippen LogP contribution in [0.1, 0.15) is 38.7 Å². The van der Waals surface area contributed by atoms with Gasteiger partial charge in [0.15, 0.2) is 0 Å². The highest BCUT2D eigenvalue weighted by molar-refractivity contribution is 5.47. The van der Waals surface area contributed by atoms with Crippen LogP contribution in [-0.4, -0.2) is 6.04 Å². The molecule has 16 heavy (non-hydrogen) atoms. The van der Waals surface area contributed by atoms with Crippen molar-refractivity contribution in [3.05, 3.63) is 29.6 Å². The molecule has 1 nitrogen and oxygen atoms in total. The van der Waals surface area contributed by atoms with Gasteiger partial charge in [-0.3, -0.25) is 0 Å². The van der Waals surface area contributed by atoms with E-state index in [0.717, 1.165) is 18.4 Å². The van der Waals surface area contributed by atoms with Crippen LogP contribution in [0, 0.1) is 18.2 Å². The first kappa shape index (κ1) is 11.4. The molecule has 1 aliphatic rings. The molecule has 0 spiro atoms. The van der Waals surface area contributed by atoms with Gasteiger partial charge in [-0.05, 0) is 49.3 Å². The van der Waals surface area contributed by atoms with E-state index in [1.54, 1.807) is 6.07 Å². The molecule has 1 aliphatic carbocycles. The van der Waals surface area contributed by atoms with Gasteiger partial charge in [-0.1, -0.05) is 19.9 Å². The minimum Gasteiger partial charge on any atom is -0.380 e. The zero-order valence-electron chi connectivity index (χ0n) is 10.3. The SMILES string of the molecule is Cc1ccc(NC2CCC(C)(C)C2)c(F)c1. The van der Waals surface area contributed by atoms with E-state index in [0.29, 0.717) is 17.1 Å². The van der Waals surface area contributed by atoms with Crippen LogP contribution >= 0.6 is 0 Å². The number of hydrogen-bond acceptors (Lipinski definition) is 1. The zero-order chi connectivity index (χ0) is 11.8. The number of benzene rings is 1. The molecule has 0 saturated heterocycles. The smallest absolute Gasteiger partial charge is 0.146 e. The van der Waals surface area contributed by atoms with E-state index in [1.165, 1.54) is 6.42 Å². The summed E-state index contributed by atoms with van der Waals surface area (Å²) in [6.45, 7) is 6.46. The molecule has 2 heteroatoms. The summed E-state index contributed by atoms with van der Waals surface area (Å²) in [6.07, 6.45) is 3.48. The Hall–Kier alpha value is -1.05. The zero-order valence-corrected chi connectivity index (χ0v) is 10.3. The lowest BCUT2D eigenvalue weighted by Gasteiger charge is -2.19. The fraction of sp³-hybridized carbons (Fsp3) is 0.571. The van der Waals surface area contributed by atoms with Crippen molar-refractivity contribution in [1.29, 1.82) is 0 Å². The molecule has 0 heterocycles. The van der Waals surface area contributed by atoms with Crippen molar-refractivity contribution in [3.8, 4) is 0 Å². The molecular weight excluding hydrogens is 201 g/mol. The second kappa shape index (κ2) is 4.08. The Morgan fingerprint density at radius 3 is 2.69 bits per heavy atom. The molecule has 1 atom stereocenters. The number of hydrogen-bond donors (Lipinski definition) is 1. The van der Waals surface area contributed by atoms with Gasteiger partial charge < -0.3 is 5.32 Å². The monoisotopic (exact) mass is 221 g/mol. The van der Waals surface area contributed by atoms with Crippen LogP contribution in [0.2, 0.25) is 0 Å². The van der Waals surface area contributed by atoms with E-state index in [-0.39, 0.29) is 5.82 Å². The van der Waals surface area contributed by atoms with Gasteiger partial charge in [-0.25, -0.2) is 4.39 Å². The summed E-state index contributed by atoms with van der Waals surface area (Å²) in [5, 5.41) is 3.32. The summed E-state index contributed by atoms with van der Waals surface area (Å²) in [5.74, 6) is -0.135. The van der Waals surface area contributed by atoms with Crippen LogP contribution in [0.25, 0.3) is 0 Å². The first-order valence-electron chi connectivity index (χ1n) is 5.99. The van der Waals surface area contributed by atoms with Crippen molar-refractivity contribution in [1.82, 2.24) is 0 Å². The van der Waals surface area contributed by atoms with E-state index in [9.17, 15) is 4.39 Å². The van der Waals surface area contributed by atoms with Crippen molar-refractivity contribution in [2.75, 3.05) is 5.32 Å². The molecule has 1 aromatic rings. The van der Waals surface area contributed by atoms with Gasteiger partial charge in [-0.15, -0.1) is 0 Å². The summed E-state index contributed by atoms with van der Waals surface area (Å²) < 4.78 is 13.6.